The van der Waals surface area contributed by atoms with E-state index in [-0.39, 0.29) is 11.9 Å². The minimum atomic E-state index is -0.0477. The van der Waals surface area contributed by atoms with Crippen LogP contribution in [0.1, 0.15) is 34.8 Å². The predicted molar refractivity (Wildman–Crippen MR) is 72.0 cm³/mol. The van der Waals surface area contributed by atoms with Crippen LogP contribution in [0.3, 0.4) is 0 Å². The maximum atomic E-state index is 11.8. The Kier molecular flexibility index (Phi) is 4.89. The fraction of sp³-hybridized carbons (Fsp3) is 0.455. The fourth-order valence-electron chi connectivity index (χ4n) is 1.34. The van der Waals surface area contributed by atoms with Gasteiger partial charge in [0.05, 0.1) is 9.87 Å². The van der Waals surface area contributed by atoms with Gasteiger partial charge in [0, 0.05) is 17.3 Å². The lowest BCUT2D eigenvalue weighted by Gasteiger charge is -2.11. The second kappa shape index (κ2) is 5.96. The van der Waals surface area contributed by atoms with Crippen LogP contribution in [0.25, 0.3) is 0 Å². The number of thiophene rings is 1. The van der Waals surface area contributed by atoms with Gasteiger partial charge in [-0.25, -0.2) is 0 Å². The molecule has 0 radical (unpaired) electrons. The SMILES string of the molecule is CCc1ccc(C(=O)NC(C)CC(N)=S)s1. The zero-order chi connectivity index (χ0) is 12.1. The van der Waals surface area contributed by atoms with Gasteiger partial charge in [0.2, 0.25) is 0 Å². The topological polar surface area (TPSA) is 55.1 Å². The van der Waals surface area contributed by atoms with E-state index in [0.29, 0.717) is 11.4 Å². The van der Waals surface area contributed by atoms with Crippen LogP contribution in [0.15, 0.2) is 12.1 Å². The van der Waals surface area contributed by atoms with Crippen molar-refractivity contribution in [2.45, 2.75) is 32.7 Å². The molecule has 0 aliphatic heterocycles. The van der Waals surface area contributed by atoms with Crippen molar-refractivity contribution in [2.24, 2.45) is 5.73 Å². The molecular weight excluding hydrogens is 240 g/mol. The number of rotatable bonds is 5. The number of thiocarbonyl (C=S) groups is 1. The molecule has 0 aliphatic carbocycles. The summed E-state index contributed by atoms with van der Waals surface area (Å²) in [6, 6.07) is 3.82. The molecule has 1 amide bonds. The minimum absolute atomic E-state index is 0.0165. The highest BCUT2D eigenvalue weighted by Gasteiger charge is 2.12. The van der Waals surface area contributed by atoms with E-state index >= 15 is 0 Å². The Labute approximate surface area is 105 Å². The number of amides is 1. The molecule has 3 N–H and O–H groups in total. The van der Waals surface area contributed by atoms with E-state index in [9.17, 15) is 4.79 Å². The van der Waals surface area contributed by atoms with Crippen molar-refractivity contribution in [3.8, 4) is 0 Å². The first-order valence-electron chi connectivity index (χ1n) is 5.20. The number of carbonyl (C=O) groups is 1. The van der Waals surface area contributed by atoms with Gasteiger partial charge < -0.3 is 11.1 Å². The van der Waals surface area contributed by atoms with Crippen molar-refractivity contribution in [1.82, 2.24) is 5.32 Å². The highest BCUT2D eigenvalue weighted by molar-refractivity contribution is 7.80. The van der Waals surface area contributed by atoms with Crippen LogP contribution in [0.2, 0.25) is 0 Å². The summed E-state index contributed by atoms with van der Waals surface area (Å²) in [6.45, 7) is 3.97. The largest absolute Gasteiger partial charge is 0.393 e. The van der Waals surface area contributed by atoms with Crippen molar-refractivity contribution >= 4 is 34.5 Å². The van der Waals surface area contributed by atoms with Gasteiger partial charge in [-0.05, 0) is 25.5 Å². The smallest absolute Gasteiger partial charge is 0.261 e. The van der Waals surface area contributed by atoms with E-state index in [1.54, 1.807) is 0 Å². The monoisotopic (exact) mass is 256 g/mol. The Morgan fingerprint density at radius 3 is 2.81 bits per heavy atom. The lowest BCUT2D eigenvalue weighted by atomic mass is 10.2. The summed E-state index contributed by atoms with van der Waals surface area (Å²) in [5.41, 5.74) is 5.42. The first kappa shape index (κ1) is 13.1. The predicted octanol–water partition coefficient (Wildman–Crippen LogP) is 2.10. The highest BCUT2D eigenvalue weighted by atomic mass is 32.1. The number of hydrogen-bond acceptors (Lipinski definition) is 3. The summed E-state index contributed by atoms with van der Waals surface area (Å²) < 4.78 is 0. The Morgan fingerprint density at radius 1 is 1.62 bits per heavy atom. The molecule has 1 aromatic rings. The molecule has 0 fully saturated rings. The average molecular weight is 256 g/mol. The van der Waals surface area contributed by atoms with Crippen LogP contribution in [0.4, 0.5) is 0 Å². The van der Waals surface area contributed by atoms with Crippen LogP contribution >= 0.6 is 23.6 Å². The third-order valence-electron chi connectivity index (χ3n) is 2.12. The van der Waals surface area contributed by atoms with Crippen LogP contribution in [-0.2, 0) is 6.42 Å². The Morgan fingerprint density at radius 2 is 2.31 bits per heavy atom. The molecule has 0 saturated heterocycles. The molecule has 1 unspecified atom stereocenters. The van der Waals surface area contributed by atoms with E-state index in [1.807, 2.05) is 19.1 Å². The van der Waals surface area contributed by atoms with Gasteiger partial charge in [-0.2, -0.15) is 0 Å². The van der Waals surface area contributed by atoms with E-state index in [1.165, 1.54) is 16.2 Å². The van der Waals surface area contributed by atoms with Gasteiger partial charge in [0.1, 0.15) is 0 Å². The summed E-state index contributed by atoms with van der Waals surface area (Å²) >= 11 is 6.32. The van der Waals surface area contributed by atoms with Gasteiger partial charge in [-0.15, -0.1) is 11.3 Å². The zero-order valence-corrected chi connectivity index (χ0v) is 11.1. The quantitative estimate of drug-likeness (QED) is 0.793. The number of aryl methyl sites for hydroxylation is 1. The number of hydrogen-bond donors (Lipinski definition) is 2. The lowest BCUT2D eigenvalue weighted by molar-refractivity contribution is 0.0945. The van der Waals surface area contributed by atoms with E-state index in [4.69, 9.17) is 18.0 Å². The summed E-state index contributed by atoms with van der Waals surface area (Å²) in [4.78, 5) is 14.2. The van der Waals surface area contributed by atoms with E-state index < -0.39 is 0 Å². The third kappa shape index (κ3) is 3.90. The van der Waals surface area contributed by atoms with E-state index in [0.717, 1.165) is 11.3 Å². The summed E-state index contributed by atoms with van der Waals surface area (Å²) in [5.74, 6) is -0.0477. The lowest BCUT2D eigenvalue weighted by Crippen LogP contribution is -2.34. The van der Waals surface area contributed by atoms with Crippen molar-refractivity contribution in [3.05, 3.63) is 21.9 Å². The van der Waals surface area contributed by atoms with Gasteiger partial charge in [0.25, 0.3) is 5.91 Å². The summed E-state index contributed by atoms with van der Waals surface area (Å²) in [7, 11) is 0. The molecule has 5 heteroatoms. The molecule has 3 nitrogen and oxygen atoms in total. The van der Waals surface area contributed by atoms with Gasteiger partial charge in [-0.1, -0.05) is 19.1 Å². The normalized spacial score (nSPS) is 12.1. The van der Waals surface area contributed by atoms with Gasteiger partial charge >= 0.3 is 0 Å². The first-order valence-corrected chi connectivity index (χ1v) is 6.43. The Hall–Kier alpha value is -0.940. The highest BCUT2D eigenvalue weighted by Crippen LogP contribution is 2.16. The summed E-state index contributed by atoms with van der Waals surface area (Å²) in [5, 5.41) is 2.87. The number of nitrogens with two attached hydrogens (primary N) is 1. The molecule has 0 aromatic carbocycles. The molecule has 1 atom stereocenters. The molecule has 16 heavy (non-hydrogen) atoms. The molecule has 0 aliphatic rings. The second-order valence-corrected chi connectivity index (χ2v) is 5.36. The van der Waals surface area contributed by atoms with Gasteiger partial charge in [-0.3, -0.25) is 4.79 Å². The third-order valence-corrected chi connectivity index (χ3v) is 3.51. The second-order valence-electron chi connectivity index (χ2n) is 3.66. The molecule has 88 valence electrons. The van der Waals surface area contributed by atoms with Gasteiger partial charge in [0.15, 0.2) is 0 Å². The molecule has 1 heterocycles. The number of nitrogens with one attached hydrogen (secondary N) is 1. The summed E-state index contributed by atoms with van der Waals surface area (Å²) in [6.07, 6.45) is 1.49. The first-order chi connectivity index (χ1) is 7.52. The molecule has 0 saturated carbocycles. The minimum Gasteiger partial charge on any atom is -0.393 e. The average Bonchev–Trinajstić information content (AvgIpc) is 2.64. The molecule has 0 bridgehead atoms. The van der Waals surface area contributed by atoms with Crippen molar-refractivity contribution in [2.75, 3.05) is 0 Å². The maximum Gasteiger partial charge on any atom is 0.261 e. The standard InChI is InChI=1S/C11H16N2OS2/c1-3-8-4-5-9(16-8)11(14)13-7(2)6-10(12)15/h4-5,7H,3,6H2,1-2H3,(H2,12,15)(H,13,14). The zero-order valence-electron chi connectivity index (χ0n) is 9.45. The number of carbonyl (C=O) groups excluding carboxylic acids is 1. The van der Waals surface area contributed by atoms with Crippen LogP contribution in [0, 0.1) is 0 Å². The van der Waals surface area contributed by atoms with Crippen molar-refractivity contribution in [1.29, 1.82) is 0 Å². The van der Waals surface area contributed by atoms with Crippen molar-refractivity contribution in [3.63, 3.8) is 0 Å². The van der Waals surface area contributed by atoms with E-state index in [2.05, 4.69) is 12.2 Å². The van der Waals surface area contributed by atoms with Crippen LogP contribution < -0.4 is 11.1 Å². The Bertz CT molecular complexity index is 387. The van der Waals surface area contributed by atoms with Crippen LogP contribution in [0.5, 0.6) is 0 Å². The molecule has 0 spiro atoms. The maximum absolute atomic E-state index is 11.8. The fourth-order valence-corrected chi connectivity index (χ4v) is 2.44. The molecule has 1 rings (SSSR count). The molecular formula is C11H16N2OS2. The Balaban J connectivity index is 2.54. The van der Waals surface area contributed by atoms with Crippen molar-refractivity contribution < 1.29 is 4.79 Å². The van der Waals surface area contributed by atoms with Crippen LogP contribution in [-0.4, -0.2) is 16.9 Å². The molecule has 1 aromatic heterocycles.